The summed E-state index contributed by atoms with van der Waals surface area (Å²) in [6, 6.07) is 10.5. The lowest BCUT2D eigenvalue weighted by Gasteiger charge is -2.13. The van der Waals surface area contributed by atoms with Crippen LogP contribution in [0.2, 0.25) is 0 Å². The van der Waals surface area contributed by atoms with Crippen molar-refractivity contribution in [2.24, 2.45) is 0 Å². The highest BCUT2D eigenvalue weighted by Gasteiger charge is 2.20. The van der Waals surface area contributed by atoms with Gasteiger partial charge in [-0.25, -0.2) is 13.1 Å². The average Bonchev–Trinajstić information content (AvgIpc) is 2.53. The van der Waals surface area contributed by atoms with E-state index in [0.717, 1.165) is 5.56 Å². The molecule has 1 N–H and O–H groups in total. The highest BCUT2D eigenvalue weighted by molar-refractivity contribution is 7.89. The predicted octanol–water partition coefficient (Wildman–Crippen LogP) is 2.69. The number of sulfonamides is 1. The summed E-state index contributed by atoms with van der Waals surface area (Å²) in [5.41, 5.74) is 1.68. The number of rotatable bonds is 6. The van der Waals surface area contributed by atoms with Crippen LogP contribution in [0.1, 0.15) is 31.0 Å². The summed E-state index contributed by atoms with van der Waals surface area (Å²) >= 11 is 0. The second kappa shape index (κ2) is 6.89. The molecule has 0 unspecified atom stereocenters. The number of hydrogen-bond donors (Lipinski definition) is 1. The molecule has 0 fully saturated rings. The zero-order valence-corrected chi connectivity index (χ0v) is 13.7. The molecule has 0 radical (unpaired) electrons. The highest BCUT2D eigenvalue weighted by atomic mass is 32.2. The van der Waals surface area contributed by atoms with E-state index in [1.807, 2.05) is 26.0 Å². The Hall–Kier alpha value is -1.92. The number of pyridine rings is 1. The first-order valence-corrected chi connectivity index (χ1v) is 8.50. The Morgan fingerprint density at radius 3 is 2.59 bits per heavy atom. The van der Waals surface area contributed by atoms with Crippen LogP contribution in [0.25, 0.3) is 0 Å². The smallest absolute Gasteiger partial charge is 0.244 e. The third-order valence-electron chi connectivity index (χ3n) is 3.31. The van der Waals surface area contributed by atoms with Crippen molar-refractivity contribution in [1.29, 1.82) is 0 Å². The van der Waals surface area contributed by atoms with Gasteiger partial charge in [-0.3, -0.25) is 4.98 Å². The van der Waals surface area contributed by atoms with Gasteiger partial charge in [0.1, 0.15) is 10.6 Å². The van der Waals surface area contributed by atoms with Gasteiger partial charge >= 0.3 is 0 Å². The Morgan fingerprint density at radius 2 is 2.00 bits per heavy atom. The Morgan fingerprint density at radius 1 is 1.23 bits per heavy atom. The molecule has 0 atom stereocenters. The Bertz CT molecular complexity index is 728. The van der Waals surface area contributed by atoms with E-state index in [9.17, 15) is 8.42 Å². The second-order valence-corrected chi connectivity index (χ2v) is 6.95. The molecule has 1 heterocycles. The maximum Gasteiger partial charge on any atom is 0.244 e. The van der Waals surface area contributed by atoms with Crippen LogP contribution in [-0.2, 0) is 16.6 Å². The van der Waals surface area contributed by atoms with E-state index in [-0.39, 0.29) is 11.4 Å². The summed E-state index contributed by atoms with van der Waals surface area (Å²) in [7, 11) is -2.19. The first-order chi connectivity index (χ1) is 10.4. The van der Waals surface area contributed by atoms with E-state index in [1.54, 1.807) is 30.5 Å². The van der Waals surface area contributed by atoms with Gasteiger partial charge in [-0.1, -0.05) is 26.0 Å². The van der Waals surface area contributed by atoms with Gasteiger partial charge in [0.25, 0.3) is 0 Å². The maximum atomic E-state index is 12.4. The third kappa shape index (κ3) is 3.84. The molecule has 0 amide bonds. The van der Waals surface area contributed by atoms with Crippen LogP contribution in [0.5, 0.6) is 5.75 Å². The molecule has 2 rings (SSSR count). The van der Waals surface area contributed by atoms with Crippen LogP contribution in [0.3, 0.4) is 0 Å². The molecule has 1 aromatic carbocycles. The van der Waals surface area contributed by atoms with Crippen molar-refractivity contribution in [3.8, 4) is 5.75 Å². The van der Waals surface area contributed by atoms with Gasteiger partial charge < -0.3 is 4.74 Å². The predicted molar refractivity (Wildman–Crippen MR) is 85.3 cm³/mol. The number of benzene rings is 1. The van der Waals surface area contributed by atoms with E-state index >= 15 is 0 Å². The van der Waals surface area contributed by atoms with Gasteiger partial charge in [0.15, 0.2) is 0 Å². The Kier molecular flexibility index (Phi) is 5.15. The van der Waals surface area contributed by atoms with Crippen LogP contribution in [0, 0.1) is 0 Å². The number of nitrogens with one attached hydrogen (secondary N) is 1. The fourth-order valence-electron chi connectivity index (χ4n) is 2.01. The molecule has 22 heavy (non-hydrogen) atoms. The summed E-state index contributed by atoms with van der Waals surface area (Å²) in [5.74, 6) is 0.645. The van der Waals surface area contributed by atoms with Crippen LogP contribution >= 0.6 is 0 Å². The minimum absolute atomic E-state index is 0.135. The van der Waals surface area contributed by atoms with Gasteiger partial charge in [0.2, 0.25) is 10.0 Å². The van der Waals surface area contributed by atoms with Crippen molar-refractivity contribution in [2.75, 3.05) is 7.11 Å². The van der Waals surface area contributed by atoms with Gasteiger partial charge in [-0.05, 0) is 35.7 Å². The molecular formula is C16H20N2O3S. The van der Waals surface area contributed by atoms with Crippen LogP contribution < -0.4 is 9.46 Å². The summed E-state index contributed by atoms with van der Waals surface area (Å²) in [4.78, 5) is 4.23. The zero-order chi connectivity index (χ0) is 16.2. The van der Waals surface area contributed by atoms with Gasteiger partial charge in [0.05, 0.1) is 19.3 Å². The van der Waals surface area contributed by atoms with Gasteiger partial charge in [-0.2, -0.15) is 0 Å². The highest BCUT2D eigenvalue weighted by Crippen LogP contribution is 2.28. The van der Waals surface area contributed by atoms with Crippen molar-refractivity contribution in [3.05, 3.63) is 53.9 Å². The van der Waals surface area contributed by atoms with E-state index in [4.69, 9.17) is 4.74 Å². The first-order valence-electron chi connectivity index (χ1n) is 7.01. The quantitative estimate of drug-likeness (QED) is 0.888. The molecule has 2 aromatic rings. The lowest BCUT2D eigenvalue weighted by molar-refractivity contribution is 0.401. The number of hydrogen-bond acceptors (Lipinski definition) is 4. The number of methoxy groups -OCH3 is 1. The molecule has 1 aromatic heterocycles. The lowest BCUT2D eigenvalue weighted by Crippen LogP contribution is -2.24. The Balaban J connectivity index is 2.25. The number of ether oxygens (including phenoxy) is 1. The average molecular weight is 320 g/mol. The van der Waals surface area contributed by atoms with Gasteiger partial charge in [0, 0.05) is 6.20 Å². The zero-order valence-electron chi connectivity index (χ0n) is 12.9. The van der Waals surface area contributed by atoms with Crippen LogP contribution in [0.4, 0.5) is 0 Å². The van der Waals surface area contributed by atoms with E-state index in [1.165, 1.54) is 7.11 Å². The fourth-order valence-corrected chi connectivity index (χ4v) is 3.16. The van der Waals surface area contributed by atoms with E-state index < -0.39 is 10.0 Å². The van der Waals surface area contributed by atoms with Crippen molar-refractivity contribution in [3.63, 3.8) is 0 Å². The van der Waals surface area contributed by atoms with Crippen molar-refractivity contribution >= 4 is 10.0 Å². The summed E-state index contributed by atoms with van der Waals surface area (Å²) < 4.78 is 32.7. The first kappa shape index (κ1) is 16.5. The van der Waals surface area contributed by atoms with Crippen molar-refractivity contribution in [2.45, 2.75) is 31.2 Å². The molecule has 0 bridgehead atoms. The third-order valence-corrected chi connectivity index (χ3v) is 4.75. The molecular weight excluding hydrogens is 300 g/mol. The molecule has 118 valence electrons. The molecule has 6 heteroatoms. The minimum Gasteiger partial charge on any atom is -0.495 e. The van der Waals surface area contributed by atoms with E-state index in [2.05, 4.69) is 9.71 Å². The Labute approximate surface area is 131 Å². The molecule has 0 saturated heterocycles. The molecule has 0 aliphatic carbocycles. The second-order valence-electron chi connectivity index (χ2n) is 5.21. The maximum absolute atomic E-state index is 12.4. The van der Waals surface area contributed by atoms with Gasteiger partial charge in [-0.15, -0.1) is 0 Å². The molecule has 5 nitrogen and oxygen atoms in total. The number of nitrogens with zero attached hydrogens (tertiary/aromatic N) is 1. The molecule has 0 spiro atoms. The molecule has 0 aliphatic heterocycles. The van der Waals surface area contributed by atoms with Crippen molar-refractivity contribution < 1.29 is 13.2 Å². The van der Waals surface area contributed by atoms with Crippen LogP contribution in [-0.4, -0.2) is 20.5 Å². The van der Waals surface area contributed by atoms with E-state index in [0.29, 0.717) is 17.4 Å². The normalized spacial score (nSPS) is 11.6. The lowest BCUT2D eigenvalue weighted by atomic mass is 10.0. The molecule has 0 aliphatic rings. The fraction of sp³-hybridized carbons (Fsp3) is 0.312. The molecule has 0 saturated carbocycles. The summed E-state index contributed by atoms with van der Waals surface area (Å²) in [6.45, 7) is 4.22. The monoisotopic (exact) mass is 320 g/mol. The number of aromatic nitrogens is 1. The SMILES string of the molecule is COc1cc(C(C)C)ccc1S(=O)(=O)NCc1ccccn1. The standard InChI is InChI=1S/C16H20N2O3S/c1-12(2)13-7-8-16(15(10-13)21-3)22(19,20)18-11-14-6-4-5-9-17-14/h4-10,12,18H,11H2,1-3H3. The topological polar surface area (TPSA) is 68.3 Å². The minimum atomic E-state index is -3.66. The largest absolute Gasteiger partial charge is 0.495 e. The summed E-state index contributed by atoms with van der Waals surface area (Å²) in [6.07, 6.45) is 1.63. The summed E-state index contributed by atoms with van der Waals surface area (Å²) in [5, 5.41) is 0. The van der Waals surface area contributed by atoms with Crippen molar-refractivity contribution in [1.82, 2.24) is 9.71 Å². The van der Waals surface area contributed by atoms with Crippen LogP contribution in [0.15, 0.2) is 47.5 Å².